The van der Waals surface area contributed by atoms with Gasteiger partial charge in [-0.15, -0.1) is 11.3 Å². The molecule has 0 aliphatic rings. The van der Waals surface area contributed by atoms with Crippen molar-refractivity contribution < 1.29 is 9.90 Å². The van der Waals surface area contributed by atoms with Crippen molar-refractivity contribution in [3.05, 3.63) is 45.4 Å². The molecule has 5 heteroatoms. The quantitative estimate of drug-likeness (QED) is 0.914. The number of aliphatic carboxylic acids is 1. The van der Waals surface area contributed by atoms with Gasteiger partial charge in [-0.25, -0.2) is 4.98 Å². The molecule has 2 rings (SSSR count). The molecule has 1 heterocycles. The molecule has 4 nitrogen and oxygen atoms in total. The monoisotopic (exact) mass is 304 g/mol. The highest BCUT2D eigenvalue weighted by molar-refractivity contribution is 7.11. The molecule has 0 saturated carbocycles. The third-order valence-electron chi connectivity index (χ3n) is 3.46. The number of aromatic nitrogens is 1. The molecule has 2 aromatic rings. The van der Waals surface area contributed by atoms with Crippen molar-refractivity contribution in [2.45, 2.75) is 33.7 Å². The second-order valence-corrected chi connectivity index (χ2v) is 6.45. The van der Waals surface area contributed by atoms with Crippen LogP contribution < -0.4 is 4.90 Å². The second kappa shape index (κ2) is 6.26. The molecular formula is C16H20N2O2S. The van der Waals surface area contributed by atoms with Crippen molar-refractivity contribution in [1.82, 2.24) is 4.98 Å². The van der Waals surface area contributed by atoms with E-state index in [0.717, 1.165) is 26.8 Å². The van der Waals surface area contributed by atoms with Gasteiger partial charge in [0.05, 0.1) is 16.7 Å². The number of anilines is 1. The van der Waals surface area contributed by atoms with Gasteiger partial charge in [0.2, 0.25) is 0 Å². The molecule has 1 aromatic heterocycles. The minimum absolute atomic E-state index is 0.0185. The maximum Gasteiger partial charge on any atom is 0.323 e. The molecule has 21 heavy (non-hydrogen) atoms. The zero-order valence-corrected chi connectivity index (χ0v) is 13.6. The van der Waals surface area contributed by atoms with Crippen molar-refractivity contribution in [3.8, 4) is 0 Å². The number of carboxylic acid groups (broad SMARTS) is 1. The third-order valence-corrected chi connectivity index (χ3v) is 4.70. The molecule has 0 aliphatic carbocycles. The van der Waals surface area contributed by atoms with E-state index in [1.54, 1.807) is 11.3 Å². The molecule has 112 valence electrons. The lowest BCUT2D eigenvalue weighted by Gasteiger charge is -2.29. The Kier molecular flexibility index (Phi) is 4.63. The first kappa shape index (κ1) is 15.5. The molecule has 0 bridgehead atoms. The van der Waals surface area contributed by atoms with Gasteiger partial charge in [-0.3, -0.25) is 4.79 Å². The van der Waals surface area contributed by atoms with Gasteiger partial charge in [0.25, 0.3) is 0 Å². The zero-order valence-electron chi connectivity index (χ0n) is 12.8. The van der Waals surface area contributed by atoms with Gasteiger partial charge in [0, 0.05) is 10.6 Å². The van der Waals surface area contributed by atoms with Crippen LogP contribution in [0, 0.1) is 20.8 Å². The number of hydrogen-bond acceptors (Lipinski definition) is 4. The van der Waals surface area contributed by atoms with E-state index in [9.17, 15) is 9.90 Å². The predicted molar refractivity (Wildman–Crippen MR) is 86.2 cm³/mol. The van der Waals surface area contributed by atoms with Crippen LogP contribution in [0.1, 0.15) is 34.1 Å². The van der Waals surface area contributed by atoms with Crippen LogP contribution in [0.25, 0.3) is 0 Å². The van der Waals surface area contributed by atoms with E-state index in [4.69, 9.17) is 0 Å². The lowest BCUT2D eigenvalue weighted by molar-refractivity contribution is -0.135. The highest BCUT2D eigenvalue weighted by Gasteiger charge is 2.22. The fourth-order valence-electron chi connectivity index (χ4n) is 2.41. The lowest BCUT2D eigenvalue weighted by Crippen LogP contribution is -2.32. The molecular weight excluding hydrogens is 284 g/mol. The summed E-state index contributed by atoms with van der Waals surface area (Å²) in [6, 6.07) is 7.93. The van der Waals surface area contributed by atoms with Gasteiger partial charge in [0.1, 0.15) is 6.54 Å². The largest absolute Gasteiger partial charge is 0.480 e. The smallest absolute Gasteiger partial charge is 0.323 e. The van der Waals surface area contributed by atoms with E-state index in [-0.39, 0.29) is 12.6 Å². The second-order valence-electron chi connectivity index (χ2n) is 5.22. The van der Waals surface area contributed by atoms with Crippen LogP contribution in [-0.4, -0.2) is 22.6 Å². The molecule has 1 N–H and O–H groups in total. The summed E-state index contributed by atoms with van der Waals surface area (Å²) in [5, 5.41) is 10.2. The summed E-state index contributed by atoms with van der Waals surface area (Å²) in [5.41, 5.74) is 3.06. The van der Waals surface area contributed by atoms with Crippen LogP contribution >= 0.6 is 11.3 Å². The average Bonchev–Trinajstić information content (AvgIpc) is 2.75. The van der Waals surface area contributed by atoms with E-state index >= 15 is 0 Å². The first-order valence-corrected chi connectivity index (χ1v) is 7.69. The number of hydrogen-bond donors (Lipinski definition) is 1. The highest BCUT2D eigenvalue weighted by atomic mass is 32.1. The molecule has 0 saturated heterocycles. The number of nitrogens with zero attached hydrogens (tertiary/aromatic N) is 2. The molecule has 0 spiro atoms. The summed E-state index contributed by atoms with van der Waals surface area (Å²) in [6.07, 6.45) is 0. The van der Waals surface area contributed by atoms with Crippen molar-refractivity contribution in [3.63, 3.8) is 0 Å². The maximum absolute atomic E-state index is 11.2. The van der Waals surface area contributed by atoms with E-state index in [0.29, 0.717) is 0 Å². The highest BCUT2D eigenvalue weighted by Crippen LogP contribution is 2.32. The molecule has 0 fully saturated rings. The summed E-state index contributed by atoms with van der Waals surface area (Å²) in [7, 11) is 0. The van der Waals surface area contributed by atoms with Crippen LogP contribution in [0.2, 0.25) is 0 Å². The topological polar surface area (TPSA) is 53.4 Å². The zero-order chi connectivity index (χ0) is 15.6. The predicted octanol–water partition coefficient (Wildman–Crippen LogP) is 3.72. The average molecular weight is 304 g/mol. The van der Waals surface area contributed by atoms with Gasteiger partial charge in [-0.05, 0) is 39.8 Å². The lowest BCUT2D eigenvalue weighted by atomic mass is 10.1. The maximum atomic E-state index is 11.2. The van der Waals surface area contributed by atoms with Crippen LogP contribution in [-0.2, 0) is 4.79 Å². The van der Waals surface area contributed by atoms with Gasteiger partial charge in [-0.1, -0.05) is 17.7 Å². The Morgan fingerprint density at radius 3 is 2.38 bits per heavy atom. The number of carboxylic acids is 1. The minimum atomic E-state index is -0.832. The van der Waals surface area contributed by atoms with E-state index in [1.807, 2.05) is 56.9 Å². The molecule has 1 unspecified atom stereocenters. The van der Waals surface area contributed by atoms with Crippen molar-refractivity contribution in [2.75, 3.05) is 11.4 Å². The van der Waals surface area contributed by atoms with Gasteiger partial charge in [0.15, 0.2) is 0 Å². The van der Waals surface area contributed by atoms with Crippen molar-refractivity contribution >= 4 is 23.0 Å². The summed E-state index contributed by atoms with van der Waals surface area (Å²) in [5.74, 6) is -0.832. The van der Waals surface area contributed by atoms with E-state index in [2.05, 4.69) is 4.98 Å². The Balaban J connectivity index is 2.37. The number of carbonyl (C=O) groups is 1. The summed E-state index contributed by atoms with van der Waals surface area (Å²) in [4.78, 5) is 18.7. The molecule has 1 atom stereocenters. The standard InChI is InChI=1S/C16H20N2O2S/c1-10-5-7-14(8-6-10)18(9-15(19)20)12(3)16-11(2)17-13(4)21-16/h5-8,12H,9H2,1-4H3,(H,19,20). The summed E-state index contributed by atoms with van der Waals surface area (Å²) in [6.45, 7) is 7.97. The first-order valence-electron chi connectivity index (χ1n) is 6.87. The Labute approximate surface area is 129 Å². The molecule has 0 aliphatic heterocycles. The Hall–Kier alpha value is -1.88. The molecule has 1 aromatic carbocycles. The fraction of sp³-hybridized carbons (Fsp3) is 0.375. The minimum Gasteiger partial charge on any atom is -0.480 e. The molecule has 0 amide bonds. The van der Waals surface area contributed by atoms with E-state index < -0.39 is 5.97 Å². The van der Waals surface area contributed by atoms with Crippen LogP contribution in [0.5, 0.6) is 0 Å². The number of thiazole rings is 1. The van der Waals surface area contributed by atoms with Crippen LogP contribution in [0.4, 0.5) is 5.69 Å². The number of rotatable bonds is 5. The van der Waals surface area contributed by atoms with Gasteiger partial charge < -0.3 is 10.0 Å². The fourth-order valence-corrected chi connectivity index (χ4v) is 3.40. The van der Waals surface area contributed by atoms with Crippen LogP contribution in [0.3, 0.4) is 0 Å². The number of benzene rings is 1. The first-order chi connectivity index (χ1) is 9.88. The van der Waals surface area contributed by atoms with Crippen molar-refractivity contribution in [2.24, 2.45) is 0 Å². The Morgan fingerprint density at radius 2 is 1.90 bits per heavy atom. The summed E-state index contributed by atoms with van der Waals surface area (Å²) < 4.78 is 0. The molecule has 0 radical (unpaired) electrons. The summed E-state index contributed by atoms with van der Waals surface area (Å²) >= 11 is 1.63. The Morgan fingerprint density at radius 1 is 1.29 bits per heavy atom. The van der Waals surface area contributed by atoms with Gasteiger partial charge in [-0.2, -0.15) is 0 Å². The Bertz CT molecular complexity index is 634. The SMILES string of the molecule is Cc1ccc(N(CC(=O)O)C(C)c2sc(C)nc2C)cc1. The van der Waals surface area contributed by atoms with Gasteiger partial charge >= 0.3 is 5.97 Å². The third kappa shape index (κ3) is 3.61. The normalized spacial score (nSPS) is 12.2. The van der Waals surface area contributed by atoms with Crippen molar-refractivity contribution in [1.29, 1.82) is 0 Å². The van der Waals surface area contributed by atoms with Crippen LogP contribution in [0.15, 0.2) is 24.3 Å². The number of aryl methyl sites for hydroxylation is 3. The van der Waals surface area contributed by atoms with E-state index in [1.165, 1.54) is 0 Å².